The minimum absolute atomic E-state index is 0.461. The van der Waals surface area contributed by atoms with Gasteiger partial charge < -0.3 is 9.03 Å². The second kappa shape index (κ2) is 7.45. The largest absolute Gasteiger partial charge is 0.373 e. The fourth-order valence-electron chi connectivity index (χ4n) is 4.83. The molecule has 2 rings (SSSR count). The van der Waals surface area contributed by atoms with Gasteiger partial charge in [0.1, 0.15) is 6.29 Å². The second-order valence-electron chi connectivity index (χ2n) is 7.75. The summed E-state index contributed by atoms with van der Waals surface area (Å²) in [6, 6.07) is 8.57. The molecule has 0 radical (unpaired) electrons. The summed E-state index contributed by atoms with van der Waals surface area (Å²) in [4.78, 5) is 11.0. The van der Waals surface area contributed by atoms with Crippen LogP contribution < -0.4 is 0 Å². The minimum Gasteiger partial charge on any atom is -0.373 e. The minimum atomic E-state index is -1.82. The molecule has 0 saturated heterocycles. The zero-order chi connectivity index (χ0) is 18.1. The predicted molar refractivity (Wildman–Crippen MR) is 108 cm³/mol. The van der Waals surface area contributed by atoms with Crippen LogP contribution in [-0.2, 0) is 11.2 Å². The maximum Gasteiger partial charge on any atom is 0.169 e. The van der Waals surface area contributed by atoms with E-state index in [0.29, 0.717) is 23.0 Å². The van der Waals surface area contributed by atoms with E-state index in [2.05, 4.69) is 76.2 Å². The van der Waals surface area contributed by atoms with Crippen LogP contribution >= 0.6 is 11.6 Å². The van der Waals surface area contributed by atoms with Crippen LogP contribution in [0.15, 0.2) is 30.5 Å². The number of halogens is 1. The quantitative estimate of drug-likeness (QED) is 0.335. The molecular formula is C20H30ClNOSi. The van der Waals surface area contributed by atoms with Gasteiger partial charge in [0.05, 0.1) is 5.38 Å². The van der Waals surface area contributed by atoms with Crippen LogP contribution in [-0.4, -0.2) is 24.1 Å². The Balaban J connectivity index is 2.77. The number of carbonyl (C=O) groups is 1. The third kappa shape index (κ3) is 3.09. The molecule has 132 valence electrons. The molecule has 0 aliphatic heterocycles. The molecule has 0 N–H and O–H groups in total. The number of rotatable bonds is 7. The Morgan fingerprint density at radius 3 is 2.08 bits per heavy atom. The second-order valence-corrected chi connectivity index (χ2v) is 14.0. The highest BCUT2D eigenvalue weighted by Gasteiger charge is 2.45. The summed E-state index contributed by atoms with van der Waals surface area (Å²) in [5.41, 5.74) is 4.36. The third-order valence-electron chi connectivity index (χ3n) is 5.55. The molecule has 4 heteroatoms. The SMILES string of the molecule is CC(C)[Si](C(C)C)(C(C)C)n1cc(CC(Cl)C=O)c2ccccc21. The van der Waals surface area contributed by atoms with Gasteiger partial charge in [-0.1, -0.05) is 59.7 Å². The van der Waals surface area contributed by atoms with E-state index in [0.717, 1.165) is 6.29 Å². The van der Waals surface area contributed by atoms with Gasteiger partial charge in [-0.2, -0.15) is 0 Å². The number of para-hydroxylation sites is 1. The Hall–Kier alpha value is -1.06. The normalized spacial score (nSPS) is 14.1. The van der Waals surface area contributed by atoms with Crippen molar-refractivity contribution in [3.63, 3.8) is 0 Å². The van der Waals surface area contributed by atoms with Crippen molar-refractivity contribution >= 4 is 37.0 Å². The Labute approximate surface area is 152 Å². The van der Waals surface area contributed by atoms with Crippen LogP contribution in [0, 0.1) is 0 Å². The van der Waals surface area contributed by atoms with Gasteiger partial charge >= 0.3 is 0 Å². The molecule has 0 aliphatic rings. The number of aromatic nitrogens is 1. The average molecular weight is 364 g/mol. The highest BCUT2D eigenvalue weighted by molar-refractivity contribution is 6.82. The molecule has 24 heavy (non-hydrogen) atoms. The first-order valence-electron chi connectivity index (χ1n) is 8.95. The maximum atomic E-state index is 11.0. The van der Waals surface area contributed by atoms with Gasteiger partial charge in [0, 0.05) is 10.9 Å². The lowest BCUT2D eigenvalue weighted by atomic mass is 10.1. The molecule has 0 aliphatic carbocycles. The molecule has 1 heterocycles. The third-order valence-corrected chi connectivity index (χ3v) is 12.6. The molecule has 0 fully saturated rings. The van der Waals surface area contributed by atoms with E-state index in [1.165, 1.54) is 16.5 Å². The Kier molecular flexibility index (Phi) is 5.98. The fraction of sp³-hybridized carbons (Fsp3) is 0.550. The molecular weight excluding hydrogens is 334 g/mol. The topological polar surface area (TPSA) is 22.0 Å². The van der Waals surface area contributed by atoms with Gasteiger partial charge in [0.25, 0.3) is 0 Å². The average Bonchev–Trinajstić information content (AvgIpc) is 2.86. The first-order chi connectivity index (χ1) is 11.3. The van der Waals surface area contributed by atoms with Gasteiger partial charge in [-0.05, 0) is 40.9 Å². The molecule has 0 bridgehead atoms. The number of carbonyl (C=O) groups excluding carboxylic acids is 1. The van der Waals surface area contributed by atoms with Gasteiger partial charge in [0.2, 0.25) is 0 Å². The van der Waals surface area contributed by atoms with Crippen molar-refractivity contribution in [1.29, 1.82) is 0 Å². The van der Waals surface area contributed by atoms with Crippen LogP contribution in [0.3, 0.4) is 0 Å². The number of hydrogen-bond acceptors (Lipinski definition) is 1. The summed E-state index contributed by atoms with van der Waals surface area (Å²) < 4.78 is 2.60. The summed E-state index contributed by atoms with van der Waals surface area (Å²) in [6.45, 7) is 14.2. The summed E-state index contributed by atoms with van der Waals surface area (Å²) in [7, 11) is -1.82. The van der Waals surface area contributed by atoms with E-state index < -0.39 is 13.6 Å². The van der Waals surface area contributed by atoms with Crippen LogP contribution in [0.4, 0.5) is 0 Å². The van der Waals surface area contributed by atoms with Crippen molar-refractivity contribution in [2.24, 2.45) is 0 Å². The molecule has 0 amide bonds. The van der Waals surface area contributed by atoms with Crippen LogP contribution in [0.1, 0.15) is 47.1 Å². The summed E-state index contributed by atoms with van der Waals surface area (Å²) >= 11 is 6.15. The van der Waals surface area contributed by atoms with Crippen molar-refractivity contribution in [3.05, 3.63) is 36.0 Å². The number of nitrogens with zero attached hydrogens (tertiary/aromatic N) is 1. The van der Waals surface area contributed by atoms with E-state index in [1.54, 1.807) is 0 Å². The van der Waals surface area contributed by atoms with E-state index in [-0.39, 0.29) is 0 Å². The van der Waals surface area contributed by atoms with Gasteiger partial charge in [0.15, 0.2) is 8.24 Å². The lowest BCUT2D eigenvalue weighted by Crippen LogP contribution is -2.51. The zero-order valence-electron chi connectivity index (χ0n) is 15.7. The lowest BCUT2D eigenvalue weighted by Gasteiger charge is -2.44. The van der Waals surface area contributed by atoms with E-state index in [4.69, 9.17) is 11.6 Å². The monoisotopic (exact) mass is 363 g/mol. The van der Waals surface area contributed by atoms with Crippen molar-refractivity contribution in [2.45, 2.75) is 70.0 Å². The van der Waals surface area contributed by atoms with E-state index in [1.807, 2.05) is 0 Å². The molecule has 0 spiro atoms. The lowest BCUT2D eigenvalue weighted by molar-refractivity contribution is -0.107. The van der Waals surface area contributed by atoms with Gasteiger partial charge in [-0.3, -0.25) is 0 Å². The van der Waals surface area contributed by atoms with Crippen LogP contribution in [0.25, 0.3) is 10.9 Å². The maximum absolute atomic E-state index is 11.0. The molecule has 1 atom stereocenters. The number of alkyl halides is 1. The number of aldehydes is 1. The standard InChI is InChI=1S/C20H30ClNOSi/c1-14(2)24(15(3)4,16(5)6)22-12-17(11-18(21)13-23)19-9-7-8-10-20(19)22/h7-10,12-16,18H,11H2,1-6H3. The van der Waals surface area contributed by atoms with Crippen LogP contribution in [0.5, 0.6) is 0 Å². The van der Waals surface area contributed by atoms with E-state index in [9.17, 15) is 4.79 Å². The number of fused-ring (bicyclic) bond motifs is 1. The Bertz CT molecular complexity index is 683. The smallest absolute Gasteiger partial charge is 0.169 e. The first kappa shape index (κ1) is 19.3. The molecule has 2 nitrogen and oxygen atoms in total. The van der Waals surface area contributed by atoms with Crippen molar-refractivity contribution in [3.8, 4) is 0 Å². The van der Waals surface area contributed by atoms with Gasteiger partial charge in [-0.25, -0.2) is 0 Å². The van der Waals surface area contributed by atoms with Crippen molar-refractivity contribution < 1.29 is 4.79 Å². The first-order valence-corrected chi connectivity index (χ1v) is 11.6. The number of hydrogen-bond donors (Lipinski definition) is 0. The number of benzene rings is 1. The molecule has 1 unspecified atom stereocenters. The van der Waals surface area contributed by atoms with E-state index >= 15 is 0 Å². The Morgan fingerprint density at radius 2 is 1.58 bits per heavy atom. The molecule has 1 aromatic heterocycles. The van der Waals surface area contributed by atoms with Crippen LogP contribution in [0.2, 0.25) is 16.6 Å². The van der Waals surface area contributed by atoms with Gasteiger partial charge in [-0.15, -0.1) is 11.6 Å². The Morgan fingerprint density at radius 1 is 1.04 bits per heavy atom. The molecule has 0 saturated carbocycles. The highest BCUT2D eigenvalue weighted by atomic mass is 35.5. The summed E-state index contributed by atoms with van der Waals surface area (Å²) in [6.07, 6.45) is 3.73. The predicted octanol–water partition coefficient (Wildman–Crippen LogP) is 6.01. The van der Waals surface area contributed by atoms with Crippen molar-refractivity contribution in [1.82, 2.24) is 4.23 Å². The molecule has 1 aromatic carbocycles. The fourth-order valence-corrected chi connectivity index (χ4v) is 11.7. The highest BCUT2D eigenvalue weighted by Crippen LogP contribution is 2.44. The molecule has 2 aromatic rings. The van der Waals surface area contributed by atoms with Crippen molar-refractivity contribution in [2.75, 3.05) is 0 Å². The summed E-state index contributed by atoms with van der Waals surface area (Å²) in [5.74, 6) is 0. The summed E-state index contributed by atoms with van der Waals surface area (Å²) in [5, 5.41) is 0.779. The zero-order valence-corrected chi connectivity index (χ0v) is 17.5.